The molecule has 1 aromatic heterocycles. The molecule has 1 aliphatic rings. The van der Waals surface area contributed by atoms with E-state index in [0.29, 0.717) is 12.3 Å². The maximum atomic E-state index is 13.2. The first-order valence-corrected chi connectivity index (χ1v) is 10.1. The lowest BCUT2D eigenvalue weighted by molar-refractivity contribution is 0.00447. The van der Waals surface area contributed by atoms with Gasteiger partial charge in [0.05, 0.1) is 23.0 Å². The van der Waals surface area contributed by atoms with E-state index in [4.69, 9.17) is 0 Å². The number of aromatic nitrogens is 2. The molecule has 0 aliphatic heterocycles. The minimum atomic E-state index is -0.817. The Morgan fingerprint density at radius 1 is 1.00 bits per heavy atom. The number of aliphatic hydroxyl groups is 1. The van der Waals surface area contributed by atoms with Crippen molar-refractivity contribution >= 4 is 10.9 Å². The van der Waals surface area contributed by atoms with Crippen LogP contribution in [0.2, 0.25) is 0 Å². The van der Waals surface area contributed by atoms with Gasteiger partial charge in [-0.3, -0.25) is 0 Å². The molecule has 0 spiro atoms. The summed E-state index contributed by atoms with van der Waals surface area (Å²) in [5.41, 5.74) is 3.15. The van der Waals surface area contributed by atoms with Gasteiger partial charge in [0, 0.05) is 5.39 Å². The SMILES string of the molecule is OC(CCc1ccccc1)(c1ccc2c(cnn2-c2ccc(F)cc2)c1)C1CC1. The highest BCUT2D eigenvalue weighted by atomic mass is 19.1. The van der Waals surface area contributed by atoms with Crippen molar-refractivity contribution in [1.29, 1.82) is 0 Å². The Kier molecular flexibility index (Phi) is 4.44. The smallest absolute Gasteiger partial charge is 0.123 e. The molecule has 4 heteroatoms. The van der Waals surface area contributed by atoms with Gasteiger partial charge >= 0.3 is 0 Å². The number of nitrogens with zero attached hydrogens (tertiary/aromatic N) is 2. The predicted molar refractivity (Wildman–Crippen MR) is 112 cm³/mol. The summed E-state index contributed by atoms with van der Waals surface area (Å²) in [5.74, 6) is 0.0521. The first-order valence-electron chi connectivity index (χ1n) is 10.1. The average Bonchev–Trinajstić information content (AvgIpc) is 3.53. The van der Waals surface area contributed by atoms with E-state index in [-0.39, 0.29) is 5.82 Å². The molecule has 1 atom stereocenters. The molecular formula is C25H23FN2O. The van der Waals surface area contributed by atoms with E-state index in [1.807, 2.05) is 36.5 Å². The molecule has 1 heterocycles. The van der Waals surface area contributed by atoms with E-state index in [1.54, 1.807) is 16.8 Å². The van der Waals surface area contributed by atoms with E-state index in [9.17, 15) is 9.50 Å². The molecule has 1 aliphatic carbocycles. The molecule has 5 rings (SSSR count). The molecule has 146 valence electrons. The van der Waals surface area contributed by atoms with E-state index < -0.39 is 5.60 Å². The molecule has 3 nitrogen and oxygen atoms in total. The quantitative estimate of drug-likeness (QED) is 0.482. The van der Waals surface area contributed by atoms with E-state index in [2.05, 4.69) is 23.3 Å². The van der Waals surface area contributed by atoms with Crippen molar-refractivity contribution in [1.82, 2.24) is 9.78 Å². The topological polar surface area (TPSA) is 38.1 Å². The largest absolute Gasteiger partial charge is 0.385 e. The van der Waals surface area contributed by atoms with Gasteiger partial charge in [0.1, 0.15) is 5.82 Å². The van der Waals surface area contributed by atoms with Gasteiger partial charge in [0.2, 0.25) is 0 Å². The van der Waals surface area contributed by atoms with Crippen molar-refractivity contribution in [3.63, 3.8) is 0 Å². The van der Waals surface area contributed by atoms with Gasteiger partial charge in [-0.1, -0.05) is 36.4 Å². The summed E-state index contributed by atoms with van der Waals surface area (Å²) in [4.78, 5) is 0. The lowest BCUT2D eigenvalue weighted by atomic mass is 9.83. The third-order valence-corrected chi connectivity index (χ3v) is 6.03. The number of fused-ring (bicyclic) bond motifs is 1. The Labute approximate surface area is 169 Å². The third-order valence-electron chi connectivity index (χ3n) is 6.03. The maximum absolute atomic E-state index is 13.2. The standard InChI is InChI=1S/C25H23FN2O/c26-22-9-11-23(12-10-22)28-24-13-8-21(16-19(24)17-27-28)25(29,20-6-7-20)15-14-18-4-2-1-3-5-18/h1-5,8-13,16-17,20,29H,6-7,14-15H2. The molecule has 1 N–H and O–H groups in total. The first-order chi connectivity index (χ1) is 14.1. The van der Waals surface area contributed by atoms with Crippen molar-refractivity contribution in [3.8, 4) is 5.69 Å². The summed E-state index contributed by atoms with van der Waals surface area (Å²) < 4.78 is 15.0. The monoisotopic (exact) mass is 386 g/mol. The third kappa shape index (κ3) is 3.45. The average molecular weight is 386 g/mol. The first kappa shape index (κ1) is 18.1. The fraction of sp³-hybridized carbons (Fsp3) is 0.240. The Morgan fingerprint density at radius 3 is 2.48 bits per heavy atom. The number of hydrogen-bond acceptors (Lipinski definition) is 2. The van der Waals surface area contributed by atoms with Crippen molar-refractivity contribution in [2.75, 3.05) is 0 Å². The van der Waals surface area contributed by atoms with Gasteiger partial charge in [-0.05, 0) is 79.1 Å². The predicted octanol–water partition coefficient (Wildman–Crippen LogP) is 5.40. The molecular weight excluding hydrogens is 363 g/mol. The second-order valence-corrected chi connectivity index (χ2v) is 7.99. The number of halogens is 1. The molecule has 4 aromatic rings. The van der Waals surface area contributed by atoms with Crippen LogP contribution in [0.1, 0.15) is 30.4 Å². The van der Waals surface area contributed by atoms with E-state index in [0.717, 1.165) is 41.4 Å². The van der Waals surface area contributed by atoms with Crippen LogP contribution in [0.15, 0.2) is 79.0 Å². The van der Waals surface area contributed by atoms with Crippen LogP contribution in [-0.4, -0.2) is 14.9 Å². The number of rotatable bonds is 6. The highest BCUT2D eigenvalue weighted by Crippen LogP contribution is 2.48. The summed E-state index contributed by atoms with van der Waals surface area (Å²) in [5, 5.41) is 17.1. The van der Waals surface area contributed by atoms with Crippen LogP contribution in [0.4, 0.5) is 4.39 Å². The Balaban J connectivity index is 1.47. The molecule has 29 heavy (non-hydrogen) atoms. The molecule has 1 fully saturated rings. The molecule has 0 radical (unpaired) electrons. The summed E-state index contributed by atoms with van der Waals surface area (Å²) in [6, 6.07) is 22.7. The van der Waals surface area contributed by atoms with Gasteiger partial charge in [-0.15, -0.1) is 0 Å². The van der Waals surface area contributed by atoms with Gasteiger partial charge < -0.3 is 5.11 Å². The maximum Gasteiger partial charge on any atom is 0.123 e. The van der Waals surface area contributed by atoms with Gasteiger partial charge in [0.25, 0.3) is 0 Å². The number of hydrogen-bond donors (Lipinski definition) is 1. The highest BCUT2D eigenvalue weighted by molar-refractivity contribution is 5.81. The molecule has 0 saturated heterocycles. The van der Waals surface area contributed by atoms with Crippen LogP contribution >= 0.6 is 0 Å². The minimum Gasteiger partial charge on any atom is -0.385 e. The number of aryl methyl sites for hydroxylation is 1. The molecule has 0 bridgehead atoms. The van der Waals surface area contributed by atoms with Crippen molar-refractivity contribution in [3.05, 3.63) is 95.9 Å². The van der Waals surface area contributed by atoms with Crippen molar-refractivity contribution < 1.29 is 9.50 Å². The fourth-order valence-corrected chi connectivity index (χ4v) is 4.21. The molecule has 3 aromatic carbocycles. The van der Waals surface area contributed by atoms with Crippen molar-refractivity contribution in [2.24, 2.45) is 5.92 Å². The Bertz CT molecular complexity index is 1130. The molecule has 1 unspecified atom stereocenters. The van der Waals surface area contributed by atoms with Gasteiger partial charge in [-0.2, -0.15) is 5.10 Å². The van der Waals surface area contributed by atoms with Crippen LogP contribution < -0.4 is 0 Å². The lowest BCUT2D eigenvalue weighted by Gasteiger charge is -2.29. The normalized spacial score (nSPS) is 16.1. The van der Waals surface area contributed by atoms with Crippen LogP contribution in [0.5, 0.6) is 0 Å². The Hall–Kier alpha value is -2.98. The fourth-order valence-electron chi connectivity index (χ4n) is 4.21. The van der Waals surface area contributed by atoms with Gasteiger partial charge in [0.15, 0.2) is 0 Å². The van der Waals surface area contributed by atoms with Crippen LogP contribution in [0.3, 0.4) is 0 Å². The van der Waals surface area contributed by atoms with Crippen LogP contribution in [0.25, 0.3) is 16.6 Å². The summed E-state index contributed by atoms with van der Waals surface area (Å²) >= 11 is 0. The van der Waals surface area contributed by atoms with E-state index in [1.165, 1.54) is 17.7 Å². The van der Waals surface area contributed by atoms with Gasteiger partial charge in [-0.25, -0.2) is 9.07 Å². The zero-order chi connectivity index (χ0) is 19.8. The summed E-state index contributed by atoms with van der Waals surface area (Å²) in [7, 11) is 0. The number of benzene rings is 3. The zero-order valence-corrected chi connectivity index (χ0v) is 16.1. The molecule has 0 amide bonds. The summed E-state index contributed by atoms with van der Waals surface area (Å²) in [6.07, 6.45) is 5.50. The second-order valence-electron chi connectivity index (χ2n) is 7.99. The van der Waals surface area contributed by atoms with Crippen molar-refractivity contribution in [2.45, 2.75) is 31.3 Å². The lowest BCUT2D eigenvalue weighted by Crippen LogP contribution is -2.29. The summed E-state index contributed by atoms with van der Waals surface area (Å²) in [6.45, 7) is 0. The Morgan fingerprint density at radius 2 is 1.76 bits per heavy atom. The zero-order valence-electron chi connectivity index (χ0n) is 16.1. The molecule has 1 saturated carbocycles. The van der Waals surface area contributed by atoms with Crippen LogP contribution in [-0.2, 0) is 12.0 Å². The highest BCUT2D eigenvalue weighted by Gasteiger charge is 2.44. The van der Waals surface area contributed by atoms with Crippen LogP contribution in [0, 0.1) is 11.7 Å². The van der Waals surface area contributed by atoms with E-state index >= 15 is 0 Å². The minimum absolute atomic E-state index is 0.264. The second kappa shape index (κ2) is 7.12.